The van der Waals surface area contributed by atoms with Gasteiger partial charge in [-0.1, -0.05) is 30.0 Å². The molecule has 23 heavy (non-hydrogen) atoms. The summed E-state index contributed by atoms with van der Waals surface area (Å²) in [5.41, 5.74) is 1.32. The highest BCUT2D eigenvalue weighted by Crippen LogP contribution is 2.23. The summed E-state index contributed by atoms with van der Waals surface area (Å²) in [7, 11) is 0. The van der Waals surface area contributed by atoms with Gasteiger partial charge in [0.1, 0.15) is 16.5 Å². The fourth-order valence-electron chi connectivity index (χ4n) is 2.08. The van der Waals surface area contributed by atoms with Crippen LogP contribution in [-0.2, 0) is 9.59 Å². The van der Waals surface area contributed by atoms with Crippen molar-refractivity contribution in [2.45, 2.75) is 18.6 Å². The zero-order valence-corrected chi connectivity index (χ0v) is 13.0. The number of fused-ring (bicyclic) bond motifs is 1. The van der Waals surface area contributed by atoms with Crippen molar-refractivity contribution in [2.24, 2.45) is 10.2 Å². The number of amides is 1. The van der Waals surface area contributed by atoms with Gasteiger partial charge >= 0.3 is 5.97 Å². The van der Waals surface area contributed by atoms with Gasteiger partial charge in [-0.15, -0.1) is 10.2 Å². The Bertz CT molecular complexity index is 807. The van der Waals surface area contributed by atoms with E-state index < -0.39 is 11.2 Å². The van der Waals surface area contributed by atoms with E-state index in [1.54, 1.807) is 6.92 Å². The second-order valence-corrected chi connectivity index (χ2v) is 6.12. The second-order valence-electron chi connectivity index (χ2n) is 4.93. The summed E-state index contributed by atoms with van der Waals surface area (Å²) in [6.45, 7) is 1.75. The fraction of sp³-hybridized carbons (Fsp3) is 0.200. The minimum atomic E-state index is -1.03. The Hall–Kier alpha value is -2.61. The van der Waals surface area contributed by atoms with Crippen molar-refractivity contribution in [3.63, 3.8) is 0 Å². The molecule has 1 aliphatic rings. The first-order valence-corrected chi connectivity index (χ1v) is 7.71. The minimum absolute atomic E-state index is 0.248. The fourth-order valence-corrected chi connectivity index (χ4v) is 2.98. The lowest BCUT2D eigenvalue weighted by molar-refractivity contribution is -0.138. The van der Waals surface area contributed by atoms with Gasteiger partial charge in [0.15, 0.2) is 10.9 Å². The van der Waals surface area contributed by atoms with Crippen LogP contribution in [0.2, 0.25) is 0 Å². The molecule has 0 aliphatic carbocycles. The molecule has 8 heteroatoms. The summed E-state index contributed by atoms with van der Waals surface area (Å²) in [6.07, 6.45) is -0.248. The number of benzene rings is 1. The van der Waals surface area contributed by atoms with Gasteiger partial charge in [0, 0.05) is 5.39 Å². The maximum atomic E-state index is 11.6. The molecule has 1 unspecified atom stereocenters. The van der Waals surface area contributed by atoms with Gasteiger partial charge in [-0.25, -0.2) is 0 Å². The van der Waals surface area contributed by atoms with Gasteiger partial charge in [0.25, 0.3) is 0 Å². The summed E-state index contributed by atoms with van der Waals surface area (Å²) in [4.78, 5) is 22.3. The Balaban J connectivity index is 1.76. The average molecular weight is 331 g/mol. The van der Waals surface area contributed by atoms with E-state index in [9.17, 15) is 9.59 Å². The molecule has 3 rings (SSSR count). The third-order valence-corrected chi connectivity index (χ3v) is 4.28. The second kappa shape index (κ2) is 6.25. The summed E-state index contributed by atoms with van der Waals surface area (Å²) < 4.78 is 5.67. The van der Waals surface area contributed by atoms with Gasteiger partial charge < -0.3 is 14.8 Å². The number of carboxylic acids is 1. The maximum absolute atomic E-state index is 11.6. The molecule has 1 amide bonds. The summed E-state index contributed by atoms with van der Waals surface area (Å²) >= 11 is 1.06. The van der Waals surface area contributed by atoms with Gasteiger partial charge in [0.05, 0.1) is 6.42 Å². The van der Waals surface area contributed by atoms with Gasteiger partial charge in [-0.2, -0.15) is 0 Å². The molecule has 1 aromatic carbocycles. The van der Waals surface area contributed by atoms with Crippen LogP contribution < -0.4 is 5.32 Å². The Morgan fingerprint density at radius 1 is 1.43 bits per heavy atom. The zero-order valence-electron chi connectivity index (χ0n) is 12.1. The number of amidine groups is 1. The van der Waals surface area contributed by atoms with Gasteiger partial charge in [0.2, 0.25) is 5.91 Å². The number of para-hydroxylation sites is 1. The van der Waals surface area contributed by atoms with Crippen molar-refractivity contribution in [1.29, 1.82) is 0 Å². The molecule has 0 bridgehead atoms. The van der Waals surface area contributed by atoms with Crippen LogP contribution in [0.1, 0.15) is 19.1 Å². The van der Waals surface area contributed by atoms with E-state index in [-0.39, 0.29) is 17.5 Å². The van der Waals surface area contributed by atoms with Gasteiger partial charge in [-0.05, 0) is 19.1 Å². The van der Waals surface area contributed by atoms with Crippen molar-refractivity contribution in [1.82, 2.24) is 5.32 Å². The molecule has 0 spiro atoms. The Labute approximate surface area is 135 Å². The molecule has 7 nitrogen and oxygen atoms in total. The summed E-state index contributed by atoms with van der Waals surface area (Å²) in [5, 5.41) is 19.8. The molecule has 1 aromatic heterocycles. The number of aliphatic carboxylic acids is 1. The predicted molar refractivity (Wildman–Crippen MR) is 87.6 cm³/mol. The Kier molecular flexibility index (Phi) is 4.16. The lowest BCUT2D eigenvalue weighted by Crippen LogP contribution is -2.26. The topological polar surface area (TPSA) is 104 Å². The number of hydrogen-bond donors (Lipinski definition) is 2. The first kappa shape index (κ1) is 15.3. The number of nitrogens with one attached hydrogen (secondary N) is 1. The molecule has 1 saturated heterocycles. The number of hydrogen-bond acceptors (Lipinski definition) is 6. The summed E-state index contributed by atoms with van der Waals surface area (Å²) in [6, 6.07) is 9.46. The SMILES string of the molecule is C/C(=N/N=C1\NC(=O)C(CC(=O)O)S1)c1cc2ccccc2o1. The van der Waals surface area contributed by atoms with Crippen LogP contribution in [0.5, 0.6) is 0 Å². The number of nitrogens with zero attached hydrogens (tertiary/aromatic N) is 2. The molecule has 118 valence electrons. The van der Waals surface area contributed by atoms with E-state index in [1.165, 1.54) is 0 Å². The van der Waals surface area contributed by atoms with Crippen LogP contribution in [0.4, 0.5) is 0 Å². The van der Waals surface area contributed by atoms with E-state index in [2.05, 4.69) is 15.5 Å². The van der Waals surface area contributed by atoms with Crippen LogP contribution in [0.3, 0.4) is 0 Å². The molecule has 2 N–H and O–H groups in total. The highest BCUT2D eigenvalue weighted by Gasteiger charge is 2.32. The van der Waals surface area contributed by atoms with Crippen molar-refractivity contribution < 1.29 is 19.1 Å². The molecule has 1 aliphatic heterocycles. The Morgan fingerprint density at radius 2 is 2.22 bits per heavy atom. The molecule has 0 radical (unpaired) electrons. The van der Waals surface area contributed by atoms with Crippen LogP contribution in [0.25, 0.3) is 11.0 Å². The first-order chi connectivity index (χ1) is 11.0. The Morgan fingerprint density at radius 3 is 2.96 bits per heavy atom. The quantitative estimate of drug-likeness (QED) is 0.660. The van der Waals surface area contributed by atoms with Gasteiger partial charge in [-0.3, -0.25) is 9.59 Å². The smallest absolute Gasteiger partial charge is 0.305 e. The molecular formula is C15H13N3O4S. The lowest BCUT2D eigenvalue weighted by atomic mass is 10.2. The highest BCUT2D eigenvalue weighted by atomic mass is 32.2. The first-order valence-electron chi connectivity index (χ1n) is 6.83. The van der Waals surface area contributed by atoms with Crippen molar-refractivity contribution in [2.75, 3.05) is 0 Å². The third kappa shape index (κ3) is 3.42. The molecule has 0 saturated carbocycles. The van der Waals surface area contributed by atoms with Crippen molar-refractivity contribution >= 4 is 45.5 Å². The molecule has 2 aromatic rings. The zero-order chi connectivity index (χ0) is 16.4. The number of thioether (sulfide) groups is 1. The van der Waals surface area contributed by atoms with E-state index in [1.807, 2.05) is 30.3 Å². The average Bonchev–Trinajstić information content (AvgIpc) is 3.08. The predicted octanol–water partition coefficient (Wildman–Crippen LogP) is 2.22. The largest absolute Gasteiger partial charge is 0.481 e. The van der Waals surface area contributed by atoms with Crippen LogP contribution >= 0.6 is 11.8 Å². The molecule has 1 fully saturated rings. The van der Waals surface area contributed by atoms with E-state index in [0.717, 1.165) is 22.7 Å². The van der Waals surface area contributed by atoms with Crippen LogP contribution in [0, 0.1) is 0 Å². The molecule has 1 atom stereocenters. The number of carbonyl (C=O) groups is 2. The van der Waals surface area contributed by atoms with Crippen LogP contribution in [0.15, 0.2) is 45.0 Å². The van der Waals surface area contributed by atoms with E-state index in [0.29, 0.717) is 11.5 Å². The van der Waals surface area contributed by atoms with Crippen molar-refractivity contribution in [3.05, 3.63) is 36.1 Å². The number of carbonyl (C=O) groups excluding carboxylic acids is 1. The molecular weight excluding hydrogens is 318 g/mol. The number of carboxylic acid groups (broad SMARTS) is 1. The molecule has 2 heterocycles. The minimum Gasteiger partial charge on any atom is -0.481 e. The maximum Gasteiger partial charge on any atom is 0.305 e. The van der Waals surface area contributed by atoms with Crippen LogP contribution in [-0.4, -0.2) is 33.1 Å². The van der Waals surface area contributed by atoms with E-state index in [4.69, 9.17) is 9.52 Å². The van der Waals surface area contributed by atoms with E-state index >= 15 is 0 Å². The monoisotopic (exact) mass is 331 g/mol. The standard InChI is InChI=1S/C15H13N3O4S/c1-8(11-6-9-4-2-3-5-10(9)22-11)17-18-15-16-14(21)12(23-15)7-13(19)20/h2-6,12H,7H2,1H3,(H,19,20)(H,16,18,21)/b17-8-. The van der Waals surface area contributed by atoms with Crippen molar-refractivity contribution in [3.8, 4) is 0 Å². The number of furan rings is 1. The normalized spacial score (nSPS) is 20.2. The number of rotatable bonds is 4. The third-order valence-electron chi connectivity index (χ3n) is 3.21. The lowest BCUT2D eigenvalue weighted by Gasteiger charge is -1.98. The highest BCUT2D eigenvalue weighted by molar-refractivity contribution is 8.15. The summed E-state index contributed by atoms with van der Waals surface area (Å²) in [5.74, 6) is -0.805.